The van der Waals surface area contributed by atoms with Crippen LogP contribution in [-0.4, -0.2) is 86.6 Å². The summed E-state index contributed by atoms with van der Waals surface area (Å²) in [5.41, 5.74) is 11.7. The maximum absolute atomic E-state index is 9.90. The van der Waals surface area contributed by atoms with Crippen molar-refractivity contribution in [2.75, 3.05) is 0 Å². The van der Waals surface area contributed by atoms with Crippen LogP contribution in [0.5, 0.6) is 0 Å². The van der Waals surface area contributed by atoms with Crippen molar-refractivity contribution in [1.29, 1.82) is 0 Å². The van der Waals surface area contributed by atoms with E-state index in [0.717, 1.165) is 0 Å². The maximum atomic E-state index is 9.90. The number of aliphatic hydroxyl groups excluding tert-OH is 5. The smallest absolute Gasteiger partial charge is 0.173 e. The van der Waals surface area contributed by atoms with Crippen LogP contribution in [-0.2, 0) is 9.47 Å². The Morgan fingerprint density at radius 3 is 1.86 bits per heavy atom. The van der Waals surface area contributed by atoms with Gasteiger partial charge in [-0.15, -0.1) is 0 Å². The third-order valence-corrected chi connectivity index (χ3v) is 4.21. The summed E-state index contributed by atoms with van der Waals surface area (Å²) >= 11 is 0. The molecule has 1 saturated heterocycles. The highest BCUT2D eigenvalue weighted by Crippen LogP contribution is 2.27. The minimum absolute atomic E-state index is 0.251. The number of rotatable bonds is 2. The first-order valence-electron chi connectivity index (χ1n) is 6.96. The molecular formula is C12H24N2O7. The van der Waals surface area contributed by atoms with E-state index in [-0.39, 0.29) is 12.1 Å². The van der Waals surface area contributed by atoms with Crippen LogP contribution in [0.15, 0.2) is 0 Å². The Morgan fingerprint density at radius 1 is 0.857 bits per heavy atom. The molecule has 2 rings (SSSR count). The molecule has 9 nitrogen and oxygen atoms in total. The molecule has 2 unspecified atom stereocenters. The van der Waals surface area contributed by atoms with Gasteiger partial charge < -0.3 is 46.5 Å². The van der Waals surface area contributed by atoms with E-state index in [4.69, 9.17) is 20.9 Å². The average Bonchev–Trinajstić information content (AvgIpc) is 2.44. The van der Waals surface area contributed by atoms with Gasteiger partial charge in [0.15, 0.2) is 6.29 Å². The van der Waals surface area contributed by atoms with E-state index in [1.807, 2.05) is 0 Å². The lowest BCUT2D eigenvalue weighted by Gasteiger charge is -2.45. The van der Waals surface area contributed by atoms with Crippen LogP contribution in [0.4, 0.5) is 0 Å². The average molecular weight is 308 g/mol. The quantitative estimate of drug-likeness (QED) is 0.268. The van der Waals surface area contributed by atoms with Crippen LogP contribution in [0, 0.1) is 0 Å². The normalized spacial score (nSPS) is 55.4. The van der Waals surface area contributed by atoms with Gasteiger partial charge in [0, 0.05) is 6.04 Å². The molecule has 0 aromatic rings. The monoisotopic (exact) mass is 308 g/mol. The topological polar surface area (TPSA) is 172 Å². The molecule has 0 spiro atoms. The summed E-state index contributed by atoms with van der Waals surface area (Å²) in [6.45, 7) is 1.74. The lowest BCUT2D eigenvalue weighted by Crippen LogP contribution is -2.66. The maximum Gasteiger partial charge on any atom is 0.173 e. The van der Waals surface area contributed by atoms with Crippen LogP contribution < -0.4 is 11.5 Å². The van der Waals surface area contributed by atoms with E-state index < -0.39 is 49.0 Å². The molecule has 0 amide bonds. The van der Waals surface area contributed by atoms with Crippen molar-refractivity contribution >= 4 is 0 Å². The Hall–Kier alpha value is -0.360. The van der Waals surface area contributed by atoms with Crippen molar-refractivity contribution in [2.24, 2.45) is 11.5 Å². The first-order chi connectivity index (χ1) is 9.73. The molecule has 0 radical (unpaired) electrons. The van der Waals surface area contributed by atoms with Crippen LogP contribution in [0.25, 0.3) is 0 Å². The molecule has 21 heavy (non-hydrogen) atoms. The molecule has 10 atom stereocenters. The highest BCUT2D eigenvalue weighted by molar-refractivity contribution is 5.00. The van der Waals surface area contributed by atoms with Gasteiger partial charge in [-0.05, 0) is 13.3 Å². The molecule has 1 aliphatic heterocycles. The highest BCUT2D eigenvalue weighted by Gasteiger charge is 2.50. The molecule has 2 fully saturated rings. The molecule has 2 aliphatic rings. The molecule has 1 saturated carbocycles. The van der Waals surface area contributed by atoms with E-state index in [9.17, 15) is 25.5 Å². The molecule has 9 N–H and O–H groups in total. The first kappa shape index (κ1) is 17.0. The third-order valence-electron chi connectivity index (χ3n) is 4.21. The second-order valence-electron chi connectivity index (χ2n) is 5.83. The predicted octanol–water partition coefficient (Wildman–Crippen LogP) is -4.02. The lowest BCUT2D eigenvalue weighted by atomic mass is 9.84. The van der Waals surface area contributed by atoms with Gasteiger partial charge in [-0.2, -0.15) is 0 Å². The summed E-state index contributed by atoms with van der Waals surface area (Å²) in [5.74, 6) is 0. The minimum Gasteiger partial charge on any atom is -0.387 e. The summed E-state index contributed by atoms with van der Waals surface area (Å²) < 4.78 is 10.9. The highest BCUT2D eigenvalue weighted by atomic mass is 16.7. The van der Waals surface area contributed by atoms with E-state index >= 15 is 0 Å². The van der Waals surface area contributed by atoms with Gasteiger partial charge in [-0.3, -0.25) is 0 Å². The number of nitrogens with two attached hydrogens (primary N) is 2. The Kier molecular flexibility index (Phi) is 5.19. The molecule has 9 heteroatoms. The summed E-state index contributed by atoms with van der Waals surface area (Å²) in [6.07, 6.45) is -10.3. The second kappa shape index (κ2) is 6.41. The lowest BCUT2D eigenvalue weighted by molar-refractivity contribution is -0.293. The van der Waals surface area contributed by atoms with Gasteiger partial charge in [-0.25, -0.2) is 0 Å². The van der Waals surface area contributed by atoms with Crippen LogP contribution >= 0.6 is 0 Å². The molecule has 0 aromatic heterocycles. The predicted molar refractivity (Wildman–Crippen MR) is 69.8 cm³/mol. The van der Waals surface area contributed by atoms with E-state index in [2.05, 4.69) is 0 Å². The van der Waals surface area contributed by atoms with Gasteiger partial charge in [0.05, 0.1) is 12.1 Å². The summed E-state index contributed by atoms with van der Waals surface area (Å²) in [7, 11) is 0. The summed E-state index contributed by atoms with van der Waals surface area (Å²) in [5, 5.41) is 48.6. The summed E-state index contributed by atoms with van der Waals surface area (Å²) in [4.78, 5) is 0. The minimum atomic E-state index is -1.66. The molecule has 0 aromatic carbocycles. The van der Waals surface area contributed by atoms with Crippen molar-refractivity contribution in [1.82, 2.24) is 0 Å². The van der Waals surface area contributed by atoms with Gasteiger partial charge in [0.1, 0.15) is 36.6 Å². The van der Waals surface area contributed by atoms with Gasteiger partial charge in [0.2, 0.25) is 0 Å². The third kappa shape index (κ3) is 3.21. The second-order valence-corrected chi connectivity index (χ2v) is 5.83. The van der Waals surface area contributed by atoms with E-state index in [1.165, 1.54) is 0 Å². The molecule has 1 aliphatic carbocycles. The van der Waals surface area contributed by atoms with Crippen LogP contribution in [0.2, 0.25) is 0 Å². The van der Waals surface area contributed by atoms with E-state index in [0.29, 0.717) is 6.42 Å². The Labute approximate surface area is 122 Å². The zero-order valence-corrected chi connectivity index (χ0v) is 11.7. The Morgan fingerprint density at radius 2 is 1.33 bits per heavy atom. The van der Waals surface area contributed by atoms with Crippen molar-refractivity contribution < 1.29 is 35.0 Å². The van der Waals surface area contributed by atoms with Crippen molar-refractivity contribution in [3.05, 3.63) is 0 Å². The number of ether oxygens (including phenoxy) is 2. The fraction of sp³-hybridized carbons (Fsp3) is 1.00. The first-order valence-corrected chi connectivity index (χ1v) is 6.96. The van der Waals surface area contributed by atoms with E-state index in [1.54, 1.807) is 6.92 Å². The fourth-order valence-corrected chi connectivity index (χ4v) is 2.68. The number of hydrogen-bond donors (Lipinski definition) is 7. The summed E-state index contributed by atoms with van der Waals surface area (Å²) in [6, 6.07) is -0.823. The number of aliphatic hydroxyl groups is 5. The van der Waals surface area contributed by atoms with Gasteiger partial charge in [-0.1, -0.05) is 0 Å². The van der Waals surface area contributed by atoms with Crippen LogP contribution in [0.1, 0.15) is 13.3 Å². The number of hydrogen-bond acceptors (Lipinski definition) is 9. The fourth-order valence-electron chi connectivity index (χ4n) is 2.68. The molecule has 124 valence electrons. The van der Waals surface area contributed by atoms with Crippen molar-refractivity contribution in [2.45, 2.75) is 74.4 Å². The zero-order chi connectivity index (χ0) is 15.9. The standard InChI is InChI=1S/C12H24N2O7/c1-3-4(13)2-5(14)12(20-3)21-11-9(18)7(16)6(15)8(17)10(11)19/h3-12,15-19H,2,13-14H2,1H3/t3-,4+,5+,6?,7+,8+,9-,10+,11?,12-/m1/s1. The Balaban J connectivity index is 2.07. The van der Waals surface area contributed by atoms with Gasteiger partial charge in [0.25, 0.3) is 0 Å². The Bertz CT molecular complexity index is 344. The van der Waals surface area contributed by atoms with Crippen molar-refractivity contribution in [3.63, 3.8) is 0 Å². The zero-order valence-electron chi connectivity index (χ0n) is 11.7. The van der Waals surface area contributed by atoms with Crippen LogP contribution in [0.3, 0.4) is 0 Å². The molecular weight excluding hydrogens is 284 g/mol. The molecule has 1 heterocycles. The molecule has 0 bridgehead atoms. The SMILES string of the molecule is C[C@H]1O[C@H](OC2[C@@H](O)[C@@H](O)C(O)[C@H](O)[C@H]2O)[C@@H](N)C[C@@H]1N. The van der Waals surface area contributed by atoms with Gasteiger partial charge >= 0.3 is 0 Å². The van der Waals surface area contributed by atoms with Crippen molar-refractivity contribution in [3.8, 4) is 0 Å². The largest absolute Gasteiger partial charge is 0.387 e.